The molecule has 0 saturated carbocycles. The zero-order valence-corrected chi connectivity index (χ0v) is 12.9. The number of carbonyl (C=O) groups is 1. The Balaban J connectivity index is 1.79. The van der Waals surface area contributed by atoms with Gasteiger partial charge in [0.1, 0.15) is 6.17 Å². The summed E-state index contributed by atoms with van der Waals surface area (Å²) in [6, 6.07) is 6.46. The molecule has 1 aromatic carbocycles. The lowest BCUT2D eigenvalue weighted by atomic mass is 9.98. The fourth-order valence-electron chi connectivity index (χ4n) is 3.29. The van der Waals surface area contributed by atoms with Gasteiger partial charge in [0, 0.05) is 19.8 Å². The number of amides is 1. The number of nitrogens with one attached hydrogen (secondary N) is 1. The van der Waals surface area contributed by atoms with Crippen LogP contribution in [0.15, 0.2) is 18.2 Å². The van der Waals surface area contributed by atoms with Crippen LogP contribution in [0.4, 0.5) is 0 Å². The average molecular weight is 288 g/mol. The highest BCUT2D eigenvalue weighted by atomic mass is 16.5. The smallest absolute Gasteiger partial charge is 0.238 e. The molecular weight excluding hydrogens is 264 g/mol. The molecule has 0 aromatic heterocycles. The van der Waals surface area contributed by atoms with Crippen LogP contribution in [0, 0.1) is 19.8 Å². The Bertz CT molecular complexity index is 524. The molecule has 2 heterocycles. The summed E-state index contributed by atoms with van der Waals surface area (Å²) in [6.45, 7) is 7.16. The molecule has 2 fully saturated rings. The molecule has 1 unspecified atom stereocenters. The van der Waals surface area contributed by atoms with E-state index in [0.717, 1.165) is 32.6 Å². The molecule has 3 rings (SSSR count). The molecule has 0 spiro atoms. The number of benzene rings is 1. The van der Waals surface area contributed by atoms with Crippen LogP contribution in [0.25, 0.3) is 0 Å². The summed E-state index contributed by atoms with van der Waals surface area (Å²) >= 11 is 0. The number of hydrogen-bond acceptors (Lipinski definition) is 3. The Labute approximate surface area is 126 Å². The van der Waals surface area contributed by atoms with Gasteiger partial charge in [-0.2, -0.15) is 0 Å². The molecule has 0 aliphatic carbocycles. The minimum atomic E-state index is 0.0280. The fraction of sp³-hybridized carbons (Fsp3) is 0.588. The molecule has 1 N–H and O–H groups in total. The zero-order valence-electron chi connectivity index (χ0n) is 12.9. The molecule has 1 atom stereocenters. The minimum Gasteiger partial charge on any atom is -0.381 e. The highest BCUT2D eigenvalue weighted by Crippen LogP contribution is 2.28. The van der Waals surface area contributed by atoms with Crippen molar-refractivity contribution in [1.82, 2.24) is 10.2 Å². The lowest BCUT2D eigenvalue weighted by Gasteiger charge is -2.31. The quantitative estimate of drug-likeness (QED) is 0.926. The van der Waals surface area contributed by atoms with Crippen molar-refractivity contribution >= 4 is 5.91 Å². The van der Waals surface area contributed by atoms with Crippen LogP contribution >= 0.6 is 0 Å². The Hall–Kier alpha value is -1.39. The van der Waals surface area contributed by atoms with Gasteiger partial charge in [0.05, 0.1) is 6.54 Å². The SMILES string of the molecule is Cc1ccc(C)c(C2NCC(=O)N2CC2CCOCC2)c1. The van der Waals surface area contributed by atoms with Gasteiger partial charge in [-0.3, -0.25) is 10.1 Å². The highest BCUT2D eigenvalue weighted by molar-refractivity contribution is 5.81. The summed E-state index contributed by atoms with van der Waals surface area (Å²) in [4.78, 5) is 14.3. The summed E-state index contributed by atoms with van der Waals surface area (Å²) in [6.07, 6.45) is 2.15. The van der Waals surface area contributed by atoms with Crippen LogP contribution in [-0.4, -0.2) is 37.1 Å². The lowest BCUT2D eigenvalue weighted by molar-refractivity contribution is -0.129. The Morgan fingerprint density at radius 3 is 2.81 bits per heavy atom. The summed E-state index contributed by atoms with van der Waals surface area (Å²) in [5, 5.41) is 3.38. The molecule has 0 bridgehead atoms. The van der Waals surface area contributed by atoms with E-state index >= 15 is 0 Å². The summed E-state index contributed by atoms with van der Waals surface area (Å²) in [5.74, 6) is 0.780. The molecule has 1 amide bonds. The fourth-order valence-corrected chi connectivity index (χ4v) is 3.29. The second kappa shape index (κ2) is 6.16. The van der Waals surface area contributed by atoms with Crippen molar-refractivity contribution < 1.29 is 9.53 Å². The van der Waals surface area contributed by atoms with Gasteiger partial charge in [-0.05, 0) is 43.7 Å². The Kier molecular flexibility index (Phi) is 4.27. The Morgan fingerprint density at radius 1 is 1.29 bits per heavy atom. The number of carbonyl (C=O) groups excluding carboxylic acids is 1. The lowest BCUT2D eigenvalue weighted by Crippen LogP contribution is -2.36. The van der Waals surface area contributed by atoms with Crippen molar-refractivity contribution in [2.24, 2.45) is 5.92 Å². The van der Waals surface area contributed by atoms with E-state index in [1.54, 1.807) is 0 Å². The predicted molar refractivity (Wildman–Crippen MR) is 81.9 cm³/mol. The van der Waals surface area contributed by atoms with Gasteiger partial charge in [0.2, 0.25) is 5.91 Å². The van der Waals surface area contributed by atoms with Crippen LogP contribution in [0.3, 0.4) is 0 Å². The van der Waals surface area contributed by atoms with E-state index in [9.17, 15) is 4.79 Å². The van der Waals surface area contributed by atoms with Gasteiger partial charge in [0.15, 0.2) is 0 Å². The van der Waals surface area contributed by atoms with Crippen LogP contribution < -0.4 is 5.32 Å². The molecule has 2 aliphatic heterocycles. The summed E-state index contributed by atoms with van der Waals surface area (Å²) in [5.41, 5.74) is 3.71. The van der Waals surface area contributed by atoms with E-state index in [1.807, 2.05) is 4.90 Å². The van der Waals surface area contributed by atoms with Crippen LogP contribution in [0.2, 0.25) is 0 Å². The number of nitrogens with zero attached hydrogens (tertiary/aromatic N) is 1. The summed E-state index contributed by atoms with van der Waals surface area (Å²) < 4.78 is 5.42. The van der Waals surface area contributed by atoms with Crippen molar-refractivity contribution in [3.63, 3.8) is 0 Å². The first-order valence-corrected chi connectivity index (χ1v) is 7.83. The van der Waals surface area contributed by atoms with E-state index in [-0.39, 0.29) is 12.1 Å². The highest BCUT2D eigenvalue weighted by Gasteiger charge is 2.34. The number of aryl methyl sites for hydroxylation is 2. The predicted octanol–water partition coefficient (Wildman–Crippen LogP) is 2.16. The molecule has 0 radical (unpaired) electrons. The van der Waals surface area contributed by atoms with Crippen LogP contribution in [0.1, 0.15) is 35.7 Å². The van der Waals surface area contributed by atoms with Gasteiger partial charge in [-0.1, -0.05) is 23.8 Å². The second-order valence-electron chi connectivity index (χ2n) is 6.25. The van der Waals surface area contributed by atoms with Crippen LogP contribution in [-0.2, 0) is 9.53 Å². The van der Waals surface area contributed by atoms with Crippen molar-refractivity contribution in [1.29, 1.82) is 0 Å². The average Bonchev–Trinajstić information content (AvgIpc) is 2.84. The standard InChI is InChI=1S/C17H24N2O2/c1-12-3-4-13(2)15(9-12)17-18-10-16(20)19(17)11-14-5-7-21-8-6-14/h3-4,9,14,17-18H,5-8,10-11H2,1-2H3. The second-order valence-corrected chi connectivity index (χ2v) is 6.25. The Morgan fingerprint density at radius 2 is 2.05 bits per heavy atom. The van der Waals surface area contributed by atoms with Gasteiger partial charge < -0.3 is 9.64 Å². The normalized spacial score (nSPS) is 23.8. The first-order valence-electron chi connectivity index (χ1n) is 7.83. The number of hydrogen-bond donors (Lipinski definition) is 1. The molecule has 4 nitrogen and oxygen atoms in total. The monoisotopic (exact) mass is 288 g/mol. The van der Waals surface area contributed by atoms with Crippen molar-refractivity contribution in [2.75, 3.05) is 26.3 Å². The maximum atomic E-state index is 12.3. The minimum absolute atomic E-state index is 0.0280. The van der Waals surface area contributed by atoms with E-state index in [4.69, 9.17) is 4.74 Å². The largest absolute Gasteiger partial charge is 0.381 e. The topological polar surface area (TPSA) is 41.6 Å². The van der Waals surface area contributed by atoms with Gasteiger partial charge >= 0.3 is 0 Å². The van der Waals surface area contributed by atoms with Gasteiger partial charge in [0.25, 0.3) is 0 Å². The van der Waals surface area contributed by atoms with Gasteiger partial charge in [-0.25, -0.2) is 0 Å². The first kappa shape index (κ1) is 14.5. The third kappa shape index (κ3) is 3.11. The summed E-state index contributed by atoms with van der Waals surface area (Å²) in [7, 11) is 0. The maximum absolute atomic E-state index is 12.3. The molecule has 1 aromatic rings. The molecule has 2 saturated heterocycles. The van der Waals surface area contributed by atoms with E-state index in [2.05, 4.69) is 37.4 Å². The zero-order chi connectivity index (χ0) is 14.8. The van der Waals surface area contributed by atoms with Crippen LogP contribution in [0.5, 0.6) is 0 Å². The number of ether oxygens (including phenoxy) is 1. The van der Waals surface area contributed by atoms with E-state index < -0.39 is 0 Å². The molecule has 114 valence electrons. The van der Waals surface area contributed by atoms with Crippen molar-refractivity contribution in [3.8, 4) is 0 Å². The van der Waals surface area contributed by atoms with Gasteiger partial charge in [-0.15, -0.1) is 0 Å². The molecule has 2 aliphatic rings. The maximum Gasteiger partial charge on any atom is 0.238 e. The molecular formula is C17H24N2O2. The van der Waals surface area contributed by atoms with Crippen molar-refractivity contribution in [2.45, 2.75) is 32.9 Å². The number of rotatable bonds is 3. The third-order valence-corrected chi connectivity index (χ3v) is 4.60. The third-order valence-electron chi connectivity index (χ3n) is 4.60. The van der Waals surface area contributed by atoms with E-state index in [1.165, 1.54) is 16.7 Å². The first-order chi connectivity index (χ1) is 10.1. The molecule has 4 heteroatoms. The molecule has 21 heavy (non-hydrogen) atoms. The van der Waals surface area contributed by atoms with Crippen molar-refractivity contribution in [3.05, 3.63) is 34.9 Å². The van der Waals surface area contributed by atoms with E-state index in [0.29, 0.717) is 12.5 Å².